The second-order valence-corrected chi connectivity index (χ2v) is 6.52. The van der Waals surface area contributed by atoms with Gasteiger partial charge in [-0.15, -0.1) is 0 Å². The highest BCUT2D eigenvalue weighted by atomic mass is 16.2. The lowest BCUT2D eigenvalue weighted by atomic mass is 9.99. The smallest absolute Gasteiger partial charge is 0.237 e. The maximum absolute atomic E-state index is 12.7. The van der Waals surface area contributed by atoms with E-state index in [1.54, 1.807) is 0 Å². The number of amides is 1. The second-order valence-electron chi connectivity index (χ2n) is 6.52. The number of rotatable bonds is 4. The molecule has 2 aliphatic heterocycles. The molecule has 0 aliphatic carbocycles. The lowest BCUT2D eigenvalue weighted by Gasteiger charge is -2.36. The van der Waals surface area contributed by atoms with E-state index in [0.29, 0.717) is 6.04 Å². The third-order valence-corrected chi connectivity index (χ3v) is 4.79. The van der Waals surface area contributed by atoms with Gasteiger partial charge in [0.15, 0.2) is 0 Å². The zero-order valence-corrected chi connectivity index (χ0v) is 13.3. The molecule has 1 amide bonds. The Bertz CT molecular complexity index is 470. The van der Waals surface area contributed by atoms with Crippen molar-refractivity contribution >= 4 is 5.91 Å². The van der Waals surface area contributed by atoms with Crippen molar-refractivity contribution in [2.45, 2.75) is 50.7 Å². The molecule has 2 atom stereocenters. The molecule has 22 heavy (non-hydrogen) atoms. The van der Waals surface area contributed by atoms with Crippen molar-refractivity contribution in [1.29, 1.82) is 0 Å². The van der Waals surface area contributed by atoms with E-state index in [-0.39, 0.29) is 11.9 Å². The molecule has 2 aliphatic rings. The summed E-state index contributed by atoms with van der Waals surface area (Å²) in [5, 5.41) is 6.63. The highest BCUT2D eigenvalue weighted by molar-refractivity contribution is 5.82. The van der Waals surface area contributed by atoms with E-state index >= 15 is 0 Å². The van der Waals surface area contributed by atoms with Crippen molar-refractivity contribution < 1.29 is 4.79 Å². The molecule has 0 saturated carbocycles. The zero-order valence-electron chi connectivity index (χ0n) is 13.3. The fraction of sp³-hybridized carbons (Fsp3) is 0.611. The number of hydrogen-bond acceptors (Lipinski definition) is 3. The van der Waals surface area contributed by atoms with Crippen LogP contribution < -0.4 is 10.6 Å². The van der Waals surface area contributed by atoms with Gasteiger partial charge in [0.2, 0.25) is 5.91 Å². The molecular weight excluding hydrogens is 274 g/mol. The van der Waals surface area contributed by atoms with Crippen LogP contribution in [0.25, 0.3) is 0 Å². The van der Waals surface area contributed by atoms with Crippen LogP contribution in [-0.4, -0.2) is 42.5 Å². The number of likely N-dealkylation sites (tertiary alicyclic amines) is 1. The van der Waals surface area contributed by atoms with Gasteiger partial charge in [0.1, 0.15) is 0 Å². The molecule has 2 saturated heterocycles. The molecule has 3 rings (SSSR count). The fourth-order valence-corrected chi connectivity index (χ4v) is 3.57. The largest absolute Gasteiger partial charge is 0.351 e. The Labute approximate surface area is 133 Å². The molecule has 0 radical (unpaired) electrons. The first-order valence-corrected chi connectivity index (χ1v) is 8.62. The highest BCUT2D eigenvalue weighted by Crippen LogP contribution is 2.20. The summed E-state index contributed by atoms with van der Waals surface area (Å²) in [5.41, 5.74) is 1.29. The molecule has 1 aromatic rings. The normalized spacial score (nSPS) is 26.5. The summed E-state index contributed by atoms with van der Waals surface area (Å²) in [5.74, 6) is 0.226. The van der Waals surface area contributed by atoms with E-state index in [9.17, 15) is 4.79 Å². The number of nitrogens with one attached hydrogen (secondary N) is 2. The van der Waals surface area contributed by atoms with Gasteiger partial charge >= 0.3 is 0 Å². The zero-order chi connectivity index (χ0) is 15.2. The first-order chi connectivity index (χ1) is 10.8. The van der Waals surface area contributed by atoms with E-state index in [0.717, 1.165) is 51.9 Å². The first kappa shape index (κ1) is 15.5. The Kier molecular flexibility index (Phi) is 5.46. The van der Waals surface area contributed by atoms with Gasteiger partial charge in [-0.2, -0.15) is 0 Å². The van der Waals surface area contributed by atoms with Gasteiger partial charge in [-0.25, -0.2) is 0 Å². The van der Waals surface area contributed by atoms with Gasteiger partial charge in [-0.05, 0) is 44.3 Å². The first-order valence-electron chi connectivity index (χ1n) is 8.62. The summed E-state index contributed by atoms with van der Waals surface area (Å²) < 4.78 is 0. The lowest BCUT2D eigenvalue weighted by molar-refractivity contribution is -0.128. The summed E-state index contributed by atoms with van der Waals surface area (Å²) in [6.45, 7) is 3.89. The third-order valence-electron chi connectivity index (χ3n) is 4.79. The van der Waals surface area contributed by atoms with Gasteiger partial charge in [0.05, 0.1) is 6.04 Å². The molecule has 1 unspecified atom stereocenters. The maximum atomic E-state index is 12.7. The Balaban J connectivity index is 1.60. The second kappa shape index (κ2) is 7.75. The average Bonchev–Trinajstić information content (AvgIpc) is 2.57. The van der Waals surface area contributed by atoms with Crippen LogP contribution in [0.1, 0.15) is 37.7 Å². The fourth-order valence-electron chi connectivity index (χ4n) is 3.57. The van der Waals surface area contributed by atoms with E-state index in [2.05, 4.69) is 39.8 Å². The molecule has 2 heterocycles. The predicted octanol–water partition coefficient (Wildman–Crippen LogP) is 1.91. The lowest BCUT2D eigenvalue weighted by Crippen LogP contribution is -2.54. The SMILES string of the molecule is O=C(N[C@H]1CCCNC1)C1CCCCN1Cc1ccccc1. The van der Waals surface area contributed by atoms with Crippen molar-refractivity contribution in [1.82, 2.24) is 15.5 Å². The number of carbonyl (C=O) groups excluding carboxylic acids is 1. The van der Waals surface area contributed by atoms with Crippen LogP contribution in [-0.2, 0) is 11.3 Å². The molecular formula is C18H27N3O. The van der Waals surface area contributed by atoms with E-state index in [4.69, 9.17) is 0 Å². The van der Waals surface area contributed by atoms with Gasteiger partial charge in [0, 0.05) is 19.1 Å². The van der Waals surface area contributed by atoms with Crippen LogP contribution in [0, 0.1) is 0 Å². The monoisotopic (exact) mass is 301 g/mol. The molecule has 4 heteroatoms. The molecule has 2 fully saturated rings. The molecule has 4 nitrogen and oxygen atoms in total. The third kappa shape index (κ3) is 4.08. The van der Waals surface area contributed by atoms with Crippen molar-refractivity contribution in [2.75, 3.05) is 19.6 Å². The van der Waals surface area contributed by atoms with Crippen LogP contribution >= 0.6 is 0 Å². The number of carbonyl (C=O) groups is 1. The summed E-state index contributed by atoms with van der Waals surface area (Å²) >= 11 is 0. The van der Waals surface area contributed by atoms with Gasteiger partial charge in [-0.1, -0.05) is 36.8 Å². The molecule has 2 N–H and O–H groups in total. The summed E-state index contributed by atoms with van der Waals surface area (Å²) in [7, 11) is 0. The van der Waals surface area contributed by atoms with Crippen LogP contribution in [0.4, 0.5) is 0 Å². The quantitative estimate of drug-likeness (QED) is 0.893. The molecule has 0 spiro atoms. The van der Waals surface area contributed by atoms with Crippen LogP contribution in [0.15, 0.2) is 30.3 Å². The Hall–Kier alpha value is -1.39. The van der Waals surface area contributed by atoms with Gasteiger partial charge in [-0.3, -0.25) is 9.69 Å². The van der Waals surface area contributed by atoms with Crippen LogP contribution in [0.5, 0.6) is 0 Å². The maximum Gasteiger partial charge on any atom is 0.237 e. The van der Waals surface area contributed by atoms with Crippen molar-refractivity contribution in [2.24, 2.45) is 0 Å². The minimum Gasteiger partial charge on any atom is -0.351 e. The number of benzene rings is 1. The van der Waals surface area contributed by atoms with Gasteiger partial charge < -0.3 is 10.6 Å². The number of hydrogen-bond donors (Lipinski definition) is 2. The van der Waals surface area contributed by atoms with Crippen molar-refractivity contribution in [3.05, 3.63) is 35.9 Å². The van der Waals surface area contributed by atoms with Crippen LogP contribution in [0.2, 0.25) is 0 Å². The van der Waals surface area contributed by atoms with Crippen LogP contribution in [0.3, 0.4) is 0 Å². The molecule has 0 bridgehead atoms. The Morgan fingerprint density at radius 2 is 2.05 bits per heavy atom. The van der Waals surface area contributed by atoms with E-state index < -0.39 is 0 Å². The van der Waals surface area contributed by atoms with Crippen molar-refractivity contribution in [3.8, 4) is 0 Å². The summed E-state index contributed by atoms with van der Waals surface area (Å²) in [4.78, 5) is 15.0. The Morgan fingerprint density at radius 3 is 2.82 bits per heavy atom. The van der Waals surface area contributed by atoms with Crippen molar-refractivity contribution in [3.63, 3.8) is 0 Å². The topological polar surface area (TPSA) is 44.4 Å². The number of nitrogens with zero attached hydrogens (tertiary/aromatic N) is 1. The van der Waals surface area contributed by atoms with E-state index in [1.165, 1.54) is 12.0 Å². The van der Waals surface area contributed by atoms with Gasteiger partial charge in [0.25, 0.3) is 0 Å². The summed E-state index contributed by atoms with van der Waals surface area (Å²) in [6, 6.07) is 10.8. The molecule has 0 aromatic heterocycles. The summed E-state index contributed by atoms with van der Waals surface area (Å²) in [6.07, 6.45) is 5.60. The number of piperidine rings is 2. The Morgan fingerprint density at radius 1 is 1.18 bits per heavy atom. The van der Waals surface area contributed by atoms with E-state index in [1.807, 2.05) is 6.07 Å². The average molecular weight is 301 g/mol. The predicted molar refractivity (Wildman–Crippen MR) is 88.5 cm³/mol. The minimum absolute atomic E-state index is 0.0379. The minimum atomic E-state index is 0.0379. The highest BCUT2D eigenvalue weighted by Gasteiger charge is 2.30. The standard InChI is InChI=1S/C18H27N3O/c22-18(20-16-9-6-11-19-13-16)17-10-4-5-12-21(17)14-15-7-2-1-3-8-15/h1-3,7-8,16-17,19H,4-6,9-14H2,(H,20,22)/t16-,17?/m0/s1. The molecule has 120 valence electrons. The molecule has 1 aromatic carbocycles.